The molecule has 1 aliphatic rings. The molecule has 1 aromatic heterocycles. The molecular weight excluding hydrogens is 440 g/mol. The molecule has 2 heterocycles. The van der Waals surface area contributed by atoms with E-state index in [9.17, 15) is 4.79 Å². The summed E-state index contributed by atoms with van der Waals surface area (Å²) in [6, 6.07) is 19.9. The van der Waals surface area contributed by atoms with Gasteiger partial charge in [-0.25, -0.2) is 9.97 Å². The van der Waals surface area contributed by atoms with Crippen molar-refractivity contribution in [2.45, 2.75) is 62.9 Å². The minimum atomic E-state index is -0.0643. The highest BCUT2D eigenvalue weighted by Gasteiger charge is 2.22. The van der Waals surface area contributed by atoms with Gasteiger partial charge in [-0.05, 0) is 43.0 Å². The van der Waals surface area contributed by atoms with Crippen molar-refractivity contribution in [3.8, 4) is 0 Å². The van der Waals surface area contributed by atoms with E-state index in [1.54, 1.807) is 11.8 Å². The summed E-state index contributed by atoms with van der Waals surface area (Å²) in [4.78, 5) is 25.0. The third kappa shape index (κ3) is 6.17. The highest BCUT2D eigenvalue weighted by Crippen LogP contribution is 2.29. The average Bonchev–Trinajstić information content (AvgIpc) is 3.38. The van der Waals surface area contributed by atoms with Crippen LogP contribution < -0.4 is 10.2 Å². The minimum Gasteiger partial charge on any atom is -0.356 e. The Morgan fingerprint density at radius 2 is 1.76 bits per heavy atom. The zero-order chi connectivity index (χ0) is 24.1. The number of benzene rings is 2. The third-order valence-corrected chi connectivity index (χ3v) is 7.01. The molecule has 1 fully saturated rings. The van der Waals surface area contributed by atoms with E-state index < -0.39 is 0 Å². The van der Waals surface area contributed by atoms with Crippen molar-refractivity contribution in [2.75, 3.05) is 18.0 Å². The van der Waals surface area contributed by atoms with Gasteiger partial charge in [0.25, 0.3) is 5.91 Å². The van der Waals surface area contributed by atoms with Gasteiger partial charge in [0.2, 0.25) is 0 Å². The lowest BCUT2D eigenvalue weighted by Gasteiger charge is -2.23. The molecule has 0 bridgehead atoms. The molecule has 178 valence electrons. The van der Waals surface area contributed by atoms with Crippen molar-refractivity contribution < 1.29 is 4.79 Å². The smallest absolute Gasteiger partial charge is 0.251 e. The van der Waals surface area contributed by atoms with Gasteiger partial charge in [-0.1, -0.05) is 75.0 Å². The molecule has 0 spiro atoms. The Bertz CT molecular complexity index is 1120. The van der Waals surface area contributed by atoms with Gasteiger partial charge in [0.15, 0.2) is 5.16 Å². The van der Waals surface area contributed by atoms with E-state index in [2.05, 4.69) is 43.1 Å². The van der Waals surface area contributed by atoms with Crippen LogP contribution in [0.2, 0.25) is 0 Å². The number of nitrogens with one attached hydrogen (secondary N) is 1. The second kappa shape index (κ2) is 10.6. The minimum absolute atomic E-state index is 0.0415. The normalized spacial score (nSPS) is 14.8. The van der Waals surface area contributed by atoms with E-state index >= 15 is 0 Å². The maximum absolute atomic E-state index is 12.9. The van der Waals surface area contributed by atoms with Crippen LogP contribution in [0, 0.1) is 0 Å². The Morgan fingerprint density at radius 3 is 2.47 bits per heavy atom. The maximum Gasteiger partial charge on any atom is 0.251 e. The fourth-order valence-electron chi connectivity index (χ4n) is 4.03. The van der Waals surface area contributed by atoms with Crippen LogP contribution in [-0.4, -0.2) is 29.0 Å². The number of amides is 1. The van der Waals surface area contributed by atoms with Gasteiger partial charge in [-0.3, -0.25) is 4.79 Å². The molecule has 2 aromatic carbocycles. The summed E-state index contributed by atoms with van der Waals surface area (Å²) in [5.74, 6) is 1.68. The molecule has 6 heteroatoms. The van der Waals surface area contributed by atoms with Crippen molar-refractivity contribution in [3.05, 3.63) is 83.0 Å². The second-order valence-electron chi connectivity index (χ2n) is 9.93. The molecule has 1 atom stereocenters. The van der Waals surface area contributed by atoms with Gasteiger partial charge in [0.05, 0.1) is 11.7 Å². The van der Waals surface area contributed by atoms with E-state index in [1.165, 1.54) is 12.8 Å². The number of anilines is 1. The molecule has 1 N–H and O–H groups in total. The van der Waals surface area contributed by atoms with Crippen LogP contribution in [0.25, 0.3) is 0 Å². The molecule has 0 unspecified atom stereocenters. The zero-order valence-corrected chi connectivity index (χ0v) is 21.4. The first-order valence-corrected chi connectivity index (χ1v) is 13.0. The molecule has 1 amide bonds. The molecule has 0 radical (unpaired) electrons. The molecular formula is C28H34N4OS. The number of nitrogens with zero attached hydrogens (tertiary/aromatic N) is 3. The molecule has 34 heavy (non-hydrogen) atoms. The Balaban J connectivity index is 1.46. The second-order valence-corrected chi connectivity index (χ2v) is 10.9. The Morgan fingerprint density at radius 1 is 1.03 bits per heavy atom. The Kier molecular flexibility index (Phi) is 7.57. The number of carbonyl (C=O) groups is 1. The summed E-state index contributed by atoms with van der Waals surface area (Å²) in [7, 11) is 0. The van der Waals surface area contributed by atoms with Gasteiger partial charge in [-0.15, -0.1) is 0 Å². The van der Waals surface area contributed by atoms with Crippen molar-refractivity contribution in [3.63, 3.8) is 0 Å². The number of thioether (sulfide) groups is 1. The highest BCUT2D eigenvalue weighted by atomic mass is 32.2. The first kappa shape index (κ1) is 24.3. The number of carbonyl (C=O) groups excluding carboxylic acids is 1. The largest absolute Gasteiger partial charge is 0.356 e. The van der Waals surface area contributed by atoms with Crippen molar-refractivity contribution in [1.29, 1.82) is 0 Å². The highest BCUT2D eigenvalue weighted by molar-refractivity contribution is 7.98. The average molecular weight is 475 g/mol. The first-order chi connectivity index (χ1) is 16.3. The fraction of sp³-hybridized carbons (Fsp3) is 0.393. The summed E-state index contributed by atoms with van der Waals surface area (Å²) >= 11 is 1.63. The van der Waals surface area contributed by atoms with Gasteiger partial charge in [0, 0.05) is 35.9 Å². The molecule has 4 rings (SSSR count). The van der Waals surface area contributed by atoms with Crippen molar-refractivity contribution in [2.24, 2.45) is 0 Å². The molecule has 0 aliphatic carbocycles. The van der Waals surface area contributed by atoms with Gasteiger partial charge in [-0.2, -0.15) is 0 Å². The van der Waals surface area contributed by atoms with E-state index in [1.807, 2.05) is 55.5 Å². The van der Waals surface area contributed by atoms with Gasteiger partial charge >= 0.3 is 0 Å². The van der Waals surface area contributed by atoms with E-state index in [0.29, 0.717) is 11.3 Å². The van der Waals surface area contributed by atoms with Crippen LogP contribution in [0.1, 0.15) is 73.8 Å². The molecule has 1 aliphatic heterocycles. The zero-order valence-electron chi connectivity index (χ0n) is 20.5. The standard InChI is InChI=1S/C28H34N4OS/c1-20(22-12-6-5-7-13-22)29-26(33)23-14-10-11-21(17-23)19-34-27-30-24(28(2,3)4)18-25(31-27)32-15-8-9-16-32/h5-7,10-14,17-18,20H,8-9,15-16,19H2,1-4H3,(H,29,33)/t20-/m0/s1. The SMILES string of the molecule is C[C@H](NC(=O)c1cccc(CSc2nc(N3CCCC3)cc(C(C)(C)C)n2)c1)c1ccccc1. The molecule has 5 nitrogen and oxygen atoms in total. The number of rotatable bonds is 7. The summed E-state index contributed by atoms with van der Waals surface area (Å²) in [6.45, 7) is 10.7. The summed E-state index contributed by atoms with van der Waals surface area (Å²) in [6.07, 6.45) is 2.43. The summed E-state index contributed by atoms with van der Waals surface area (Å²) in [5.41, 5.74) is 3.86. The van der Waals surface area contributed by atoms with E-state index in [-0.39, 0.29) is 17.4 Å². The van der Waals surface area contributed by atoms with Crippen molar-refractivity contribution >= 4 is 23.5 Å². The van der Waals surface area contributed by atoms with Gasteiger partial charge in [0.1, 0.15) is 5.82 Å². The fourth-order valence-corrected chi connectivity index (χ4v) is 4.82. The Hall–Kier alpha value is -2.86. The quantitative estimate of drug-likeness (QED) is 0.328. The van der Waals surface area contributed by atoms with Crippen LogP contribution in [0.4, 0.5) is 5.82 Å². The molecule has 0 saturated carbocycles. The number of aromatic nitrogens is 2. The predicted molar refractivity (Wildman–Crippen MR) is 141 cm³/mol. The van der Waals surface area contributed by atoms with Crippen LogP contribution >= 0.6 is 11.8 Å². The van der Waals surface area contributed by atoms with E-state index in [4.69, 9.17) is 9.97 Å². The van der Waals surface area contributed by atoms with Crippen LogP contribution in [0.3, 0.4) is 0 Å². The lowest BCUT2D eigenvalue weighted by atomic mass is 9.92. The Labute approximate surface area is 207 Å². The van der Waals surface area contributed by atoms with Crippen molar-refractivity contribution in [1.82, 2.24) is 15.3 Å². The van der Waals surface area contributed by atoms with Crippen LogP contribution in [0.5, 0.6) is 0 Å². The maximum atomic E-state index is 12.9. The first-order valence-electron chi connectivity index (χ1n) is 12.0. The van der Waals surface area contributed by atoms with E-state index in [0.717, 1.165) is 40.9 Å². The topological polar surface area (TPSA) is 58.1 Å². The molecule has 3 aromatic rings. The van der Waals surface area contributed by atoms with Crippen LogP contribution in [-0.2, 0) is 11.2 Å². The number of hydrogen-bond donors (Lipinski definition) is 1. The summed E-state index contributed by atoms with van der Waals surface area (Å²) < 4.78 is 0. The predicted octanol–water partition coefficient (Wildman–Crippen LogP) is 6.16. The summed E-state index contributed by atoms with van der Waals surface area (Å²) in [5, 5.41) is 3.89. The van der Waals surface area contributed by atoms with Crippen LogP contribution in [0.15, 0.2) is 65.8 Å². The third-order valence-electron chi connectivity index (χ3n) is 6.09. The lowest BCUT2D eigenvalue weighted by molar-refractivity contribution is 0.0940. The monoisotopic (exact) mass is 474 g/mol. The lowest BCUT2D eigenvalue weighted by Crippen LogP contribution is -2.26. The molecule has 1 saturated heterocycles. The number of hydrogen-bond acceptors (Lipinski definition) is 5. The van der Waals surface area contributed by atoms with Gasteiger partial charge < -0.3 is 10.2 Å².